The van der Waals surface area contributed by atoms with Gasteiger partial charge in [-0.05, 0) is 23.8 Å². The molecule has 2 aromatic heterocycles. The van der Waals surface area contributed by atoms with Crippen LogP contribution in [-0.4, -0.2) is 46.6 Å². The van der Waals surface area contributed by atoms with Gasteiger partial charge in [-0.25, -0.2) is 9.67 Å². The van der Waals surface area contributed by atoms with Crippen molar-refractivity contribution in [1.29, 1.82) is 0 Å². The first-order chi connectivity index (χ1) is 14.6. The average molecular weight is 423 g/mol. The lowest BCUT2D eigenvalue weighted by molar-refractivity contribution is 0.245. The van der Waals surface area contributed by atoms with Crippen molar-refractivity contribution in [2.75, 3.05) is 6.54 Å². The molecule has 0 fully saturated rings. The molecule has 0 aliphatic carbocycles. The zero-order valence-corrected chi connectivity index (χ0v) is 16.7. The van der Waals surface area contributed by atoms with Gasteiger partial charge in [-0.1, -0.05) is 23.7 Å². The summed E-state index contributed by atoms with van der Waals surface area (Å²) in [5.41, 5.74) is 5.44. The van der Waals surface area contributed by atoms with Crippen LogP contribution in [0.1, 0.15) is 16.8 Å². The Hall–Kier alpha value is -3.36. The molecule has 0 spiro atoms. The Morgan fingerprint density at radius 3 is 2.70 bits per heavy atom. The van der Waals surface area contributed by atoms with E-state index in [1.54, 1.807) is 17.1 Å². The average Bonchev–Trinajstić information content (AvgIpc) is 3.41. The maximum Gasteiger partial charge on any atom is 0.138 e. The lowest BCUT2D eigenvalue weighted by Crippen LogP contribution is -2.30. The molecule has 30 heavy (non-hydrogen) atoms. The molecule has 0 radical (unpaired) electrons. The molecule has 2 aromatic carbocycles. The summed E-state index contributed by atoms with van der Waals surface area (Å²) in [4.78, 5) is 6.31. The van der Waals surface area contributed by atoms with Gasteiger partial charge in [-0.2, -0.15) is 10.2 Å². The smallest absolute Gasteiger partial charge is 0.138 e. The summed E-state index contributed by atoms with van der Waals surface area (Å²) < 4.78 is 1.73. The van der Waals surface area contributed by atoms with Crippen molar-refractivity contribution in [3.63, 3.8) is 0 Å². The van der Waals surface area contributed by atoms with Crippen molar-refractivity contribution < 1.29 is 10.2 Å². The molecule has 1 aliphatic heterocycles. The van der Waals surface area contributed by atoms with Crippen molar-refractivity contribution in [2.24, 2.45) is 0 Å². The van der Waals surface area contributed by atoms with E-state index in [2.05, 4.69) is 37.3 Å². The van der Waals surface area contributed by atoms with Gasteiger partial charge in [0.05, 0.1) is 10.7 Å². The molecule has 0 atom stereocenters. The summed E-state index contributed by atoms with van der Waals surface area (Å²) in [6.45, 7) is 2.40. The Morgan fingerprint density at radius 2 is 1.93 bits per heavy atom. The quantitative estimate of drug-likeness (QED) is 0.466. The Morgan fingerprint density at radius 1 is 1.10 bits per heavy atom. The molecule has 4 aromatic rings. The van der Waals surface area contributed by atoms with Crippen molar-refractivity contribution in [3.05, 3.63) is 70.9 Å². The Kier molecular flexibility index (Phi) is 4.65. The Bertz CT molecular complexity index is 1190. The first kappa shape index (κ1) is 18.7. The van der Waals surface area contributed by atoms with Gasteiger partial charge in [-0.15, -0.1) is 0 Å². The molecular formula is C21H19ClN6O2. The van der Waals surface area contributed by atoms with E-state index in [4.69, 9.17) is 11.6 Å². The number of fused-ring (bicyclic) bond motifs is 1. The molecule has 0 bridgehead atoms. The van der Waals surface area contributed by atoms with Crippen LogP contribution in [0.5, 0.6) is 11.5 Å². The van der Waals surface area contributed by atoms with Crippen LogP contribution in [0.4, 0.5) is 0 Å². The number of rotatable bonds is 4. The second-order valence-electron chi connectivity index (χ2n) is 7.32. The highest BCUT2D eigenvalue weighted by Gasteiger charge is 2.24. The summed E-state index contributed by atoms with van der Waals surface area (Å²) in [6, 6.07) is 11.0. The third kappa shape index (κ3) is 3.40. The first-order valence-electron chi connectivity index (χ1n) is 9.53. The van der Waals surface area contributed by atoms with E-state index in [-0.39, 0.29) is 16.5 Å². The Labute approximate surface area is 177 Å². The van der Waals surface area contributed by atoms with Gasteiger partial charge in [0.15, 0.2) is 0 Å². The lowest BCUT2D eigenvalue weighted by atomic mass is 10.00. The van der Waals surface area contributed by atoms with E-state index >= 15 is 0 Å². The van der Waals surface area contributed by atoms with E-state index in [9.17, 15) is 10.2 Å². The monoisotopic (exact) mass is 422 g/mol. The van der Waals surface area contributed by atoms with Crippen LogP contribution in [0.15, 0.2) is 49.1 Å². The van der Waals surface area contributed by atoms with Crippen molar-refractivity contribution in [2.45, 2.75) is 19.5 Å². The van der Waals surface area contributed by atoms with E-state index in [1.807, 2.05) is 12.1 Å². The maximum atomic E-state index is 10.3. The van der Waals surface area contributed by atoms with Crippen molar-refractivity contribution in [3.8, 4) is 28.4 Å². The van der Waals surface area contributed by atoms with Gasteiger partial charge < -0.3 is 10.2 Å². The van der Waals surface area contributed by atoms with Gasteiger partial charge in [0.1, 0.15) is 29.8 Å². The predicted octanol–water partition coefficient (Wildman–Crippen LogP) is 3.28. The molecule has 8 nitrogen and oxygen atoms in total. The molecule has 0 saturated carbocycles. The van der Waals surface area contributed by atoms with Gasteiger partial charge in [0.25, 0.3) is 0 Å². The SMILES string of the molecule is Oc1cc(O)c(-c2n[nH]c3c2CN(Cc2ccc(-n4cncn4)cc2)CC3)cc1Cl. The molecule has 0 unspecified atom stereocenters. The molecule has 1 aliphatic rings. The van der Waals surface area contributed by atoms with Crippen LogP contribution in [0, 0.1) is 0 Å². The number of phenols is 2. The summed E-state index contributed by atoms with van der Waals surface area (Å²) in [5, 5.41) is 31.8. The number of benzene rings is 2. The molecule has 0 saturated heterocycles. The fourth-order valence-corrected chi connectivity index (χ4v) is 3.97. The predicted molar refractivity (Wildman–Crippen MR) is 112 cm³/mol. The minimum absolute atomic E-state index is 0.0491. The molecule has 5 rings (SSSR count). The van der Waals surface area contributed by atoms with Gasteiger partial charge in [0, 0.05) is 48.9 Å². The second-order valence-corrected chi connectivity index (χ2v) is 7.72. The highest BCUT2D eigenvalue weighted by atomic mass is 35.5. The largest absolute Gasteiger partial charge is 0.507 e. The number of aromatic hydroxyl groups is 2. The lowest BCUT2D eigenvalue weighted by Gasteiger charge is -2.27. The van der Waals surface area contributed by atoms with Gasteiger partial charge in [-0.3, -0.25) is 10.00 Å². The van der Waals surface area contributed by atoms with E-state index in [0.29, 0.717) is 17.8 Å². The van der Waals surface area contributed by atoms with Crippen LogP contribution >= 0.6 is 11.6 Å². The summed E-state index contributed by atoms with van der Waals surface area (Å²) in [6.07, 6.45) is 4.03. The fourth-order valence-electron chi connectivity index (χ4n) is 3.80. The number of nitrogens with one attached hydrogen (secondary N) is 1. The molecule has 0 amide bonds. The number of nitrogens with zero attached hydrogens (tertiary/aromatic N) is 5. The van der Waals surface area contributed by atoms with Gasteiger partial charge >= 0.3 is 0 Å². The summed E-state index contributed by atoms with van der Waals surface area (Å²) >= 11 is 6.05. The molecule has 9 heteroatoms. The summed E-state index contributed by atoms with van der Waals surface area (Å²) in [5.74, 6) is -0.203. The van der Waals surface area contributed by atoms with Crippen molar-refractivity contribution >= 4 is 11.6 Å². The minimum atomic E-state index is -0.154. The second kappa shape index (κ2) is 7.47. The van der Waals surface area contributed by atoms with E-state index in [0.717, 1.165) is 36.5 Å². The highest BCUT2D eigenvalue weighted by Crippen LogP contribution is 2.39. The number of hydrogen-bond acceptors (Lipinski definition) is 6. The topological polar surface area (TPSA) is 103 Å². The van der Waals surface area contributed by atoms with Crippen LogP contribution in [0.2, 0.25) is 5.02 Å². The zero-order valence-electron chi connectivity index (χ0n) is 16.0. The number of aromatic nitrogens is 5. The summed E-state index contributed by atoms with van der Waals surface area (Å²) in [7, 11) is 0. The minimum Gasteiger partial charge on any atom is -0.507 e. The highest BCUT2D eigenvalue weighted by molar-refractivity contribution is 6.32. The van der Waals surface area contributed by atoms with Crippen LogP contribution < -0.4 is 0 Å². The van der Waals surface area contributed by atoms with Crippen LogP contribution in [0.3, 0.4) is 0 Å². The van der Waals surface area contributed by atoms with Gasteiger partial charge in [0.2, 0.25) is 0 Å². The molecule has 152 valence electrons. The maximum absolute atomic E-state index is 10.3. The van der Waals surface area contributed by atoms with Crippen LogP contribution in [0.25, 0.3) is 16.9 Å². The fraction of sp³-hybridized carbons (Fsp3) is 0.190. The standard InChI is InChI=1S/C21H19ClN6O2/c22-17-7-15(19(29)8-20(17)30)21-16-10-27(6-5-18(16)25-26-21)9-13-1-3-14(4-2-13)28-12-23-11-24-28/h1-4,7-8,11-12,29-30H,5-6,9-10H2,(H,25,26). The normalized spacial score (nSPS) is 14.0. The number of halogens is 1. The van der Waals surface area contributed by atoms with Crippen LogP contribution in [-0.2, 0) is 19.5 Å². The first-order valence-corrected chi connectivity index (χ1v) is 9.90. The van der Waals surface area contributed by atoms with Crippen molar-refractivity contribution in [1.82, 2.24) is 29.9 Å². The third-order valence-corrected chi connectivity index (χ3v) is 5.66. The number of aromatic amines is 1. The number of hydrogen-bond donors (Lipinski definition) is 3. The number of phenolic OH excluding ortho intramolecular Hbond substituents is 2. The zero-order chi connectivity index (χ0) is 20.7. The Balaban J connectivity index is 1.37. The molecular weight excluding hydrogens is 404 g/mol. The third-order valence-electron chi connectivity index (χ3n) is 5.36. The van der Waals surface area contributed by atoms with E-state index in [1.165, 1.54) is 18.0 Å². The molecule has 3 N–H and O–H groups in total. The number of H-pyrrole nitrogens is 1. The van der Waals surface area contributed by atoms with E-state index < -0.39 is 0 Å². The molecule has 3 heterocycles.